The molecule has 0 radical (unpaired) electrons. The van der Waals surface area contributed by atoms with Crippen LogP contribution in [0.5, 0.6) is 5.75 Å². The minimum atomic E-state index is 0.0493. The zero-order valence-corrected chi connectivity index (χ0v) is 18.1. The fourth-order valence-electron chi connectivity index (χ4n) is 3.21. The lowest BCUT2D eigenvalue weighted by Gasteiger charge is -2.15. The second kappa shape index (κ2) is 8.63. The predicted octanol–water partition coefficient (Wildman–Crippen LogP) is 4.25. The second-order valence-electron chi connectivity index (χ2n) is 6.71. The van der Waals surface area contributed by atoms with Crippen LogP contribution in [0.15, 0.2) is 65.8 Å². The van der Waals surface area contributed by atoms with Crippen molar-refractivity contribution in [1.29, 1.82) is 0 Å². The molecular formula is C22H19ClN6OS. The van der Waals surface area contributed by atoms with Gasteiger partial charge in [-0.05, 0) is 72.9 Å². The Bertz CT molecular complexity index is 1320. The fraction of sp³-hybridized carbons (Fsp3) is 0.0455. The van der Waals surface area contributed by atoms with E-state index in [0.29, 0.717) is 5.02 Å². The Kier molecular flexibility index (Phi) is 5.75. The summed E-state index contributed by atoms with van der Waals surface area (Å²) in [5.41, 5.74) is 17.9. The zero-order chi connectivity index (χ0) is 22.0. The summed E-state index contributed by atoms with van der Waals surface area (Å²) in [6.45, 7) is 0. The molecule has 156 valence electrons. The summed E-state index contributed by atoms with van der Waals surface area (Å²) in [5.74, 6) is 1.02. The van der Waals surface area contributed by atoms with Crippen LogP contribution in [-0.2, 0) is 0 Å². The van der Waals surface area contributed by atoms with E-state index in [2.05, 4.69) is 15.8 Å². The van der Waals surface area contributed by atoms with Crippen LogP contribution in [0.2, 0.25) is 5.02 Å². The number of halogens is 1. The first-order valence-corrected chi connectivity index (χ1v) is 10.1. The lowest BCUT2D eigenvalue weighted by atomic mass is 10.1. The number of nitrogens with two attached hydrogens (primary N) is 2. The van der Waals surface area contributed by atoms with Crippen molar-refractivity contribution in [2.45, 2.75) is 0 Å². The van der Waals surface area contributed by atoms with Gasteiger partial charge in [0, 0.05) is 27.0 Å². The number of amidine groups is 1. The van der Waals surface area contributed by atoms with Crippen molar-refractivity contribution >= 4 is 67.9 Å². The molecule has 4 rings (SSSR count). The maximum atomic E-state index is 6.20. The van der Waals surface area contributed by atoms with Crippen molar-refractivity contribution in [3.63, 3.8) is 0 Å². The number of benzene rings is 3. The summed E-state index contributed by atoms with van der Waals surface area (Å²) in [6.07, 6.45) is 0. The van der Waals surface area contributed by atoms with E-state index in [9.17, 15) is 0 Å². The fourth-order valence-corrected chi connectivity index (χ4v) is 3.42. The smallest absolute Gasteiger partial charge is 0.184 e. The zero-order valence-electron chi connectivity index (χ0n) is 16.5. The van der Waals surface area contributed by atoms with E-state index < -0.39 is 0 Å². The maximum absolute atomic E-state index is 6.20. The van der Waals surface area contributed by atoms with Gasteiger partial charge in [0.05, 0.1) is 23.8 Å². The van der Waals surface area contributed by atoms with Gasteiger partial charge in [-0.25, -0.2) is 4.98 Å². The highest BCUT2D eigenvalue weighted by molar-refractivity contribution is 7.80. The number of nitrogens with zero attached hydrogens (tertiary/aromatic N) is 2. The molecule has 0 fully saturated rings. The van der Waals surface area contributed by atoms with Crippen molar-refractivity contribution in [2.75, 3.05) is 12.4 Å². The molecule has 0 saturated heterocycles. The molecule has 0 unspecified atom stereocenters. The summed E-state index contributed by atoms with van der Waals surface area (Å²) in [5, 5.41) is 9.99. The first kappa shape index (κ1) is 20.6. The highest BCUT2D eigenvalue weighted by atomic mass is 35.5. The van der Waals surface area contributed by atoms with Crippen molar-refractivity contribution in [1.82, 2.24) is 10.4 Å². The highest BCUT2D eigenvalue weighted by Crippen LogP contribution is 2.36. The van der Waals surface area contributed by atoms with E-state index in [1.54, 1.807) is 7.11 Å². The van der Waals surface area contributed by atoms with Crippen LogP contribution in [0.25, 0.3) is 21.8 Å². The Labute approximate surface area is 189 Å². The summed E-state index contributed by atoms with van der Waals surface area (Å²) < 4.78 is 5.41. The molecule has 0 spiro atoms. The topological polar surface area (TPSA) is 111 Å². The third-order valence-electron chi connectivity index (χ3n) is 4.68. The number of pyridine rings is 1. The number of nitrogens with one attached hydrogen (secondary N) is 2. The van der Waals surface area contributed by atoms with Gasteiger partial charge < -0.3 is 21.5 Å². The molecule has 0 aliphatic heterocycles. The van der Waals surface area contributed by atoms with Crippen molar-refractivity contribution in [3.05, 3.63) is 71.2 Å². The van der Waals surface area contributed by atoms with E-state index in [-0.39, 0.29) is 10.9 Å². The third-order valence-corrected chi connectivity index (χ3v) is 5.01. The van der Waals surface area contributed by atoms with Gasteiger partial charge in [-0.15, -0.1) is 0 Å². The Balaban J connectivity index is 1.77. The number of hydrogen-bond donors (Lipinski definition) is 4. The molecule has 31 heavy (non-hydrogen) atoms. The molecule has 6 N–H and O–H groups in total. The van der Waals surface area contributed by atoms with Gasteiger partial charge in [0.25, 0.3) is 0 Å². The molecular weight excluding hydrogens is 432 g/mol. The second-order valence-corrected chi connectivity index (χ2v) is 7.58. The molecule has 0 aliphatic carbocycles. The number of anilines is 2. The standard InChI is InChI=1S/C22H19ClN6OS/c1-30-15-7-9-18-17(11-15)20(16-8-4-13(23)10-19(16)27-18)26-14-5-2-12(3-6-14)21(24)28-29-22(25)31/h2-11H,1H3,(H2,24,28)(H,26,27)(H3,25,29,31). The van der Waals surface area contributed by atoms with Gasteiger partial charge in [-0.2, -0.15) is 5.10 Å². The summed E-state index contributed by atoms with van der Waals surface area (Å²) in [6, 6.07) is 18.9. The van der Waals surface area contributed by atoms with Crippen molar-refractivity contribution in [2.24, 2.45) is 16.6 Å². The average molecular weight is 451 g/mol. The number of aromatic nitrogens is 1. The number of ether oxygens (including phenoxy) is 1. The van der Waals surface area contributed by atoms with Crippen LogP contribution in [0.4, 0.5) is 11.4 Å². The largest absolute Gasteiger partial charge is 0.497 e. The van der Waals surface area contributed by atoms with Gasteiger partial charge in [0.1, 0.15) is 5.75 Å². The van der Waals surface area contributed by atoms with Crippen LogP contribution < -0.4 is 26.9 Å². The first-order valence-electron chi connectivity index (χ1n) is 9.27. The molecule has 1 heterocycles. The van der Waals surface area contributed by atoms with Gasteiger partial charge in [0.15, 0.2) is 10.9 Å². The minimum absolute atomic E-state index is 0.0493. The first-order chi connectivity index (χ1) is 14.9. The van der Waals surface area contributed by atoms with Crippen LogP contribution in [0.3, 0.4) is 0 Å². The molecule has 3 aromatic carbocycles. The number of methoxy groups -OCH3 is 1. The molecule has 0 bridgehead atoms. The SMILES string of the molecule is COc1ccc2nc3cc(Cl)ccc3c(Nc3ccc(/C(N)=N/NC(N)=S)cc3)c2c1. The lowest BCUT2D eigenvalue weighted by Crippen LogP contribution is -2.28. The monoisotopic (exact) mass is 450 g/mol. The van der Waals surface area contributed by atoms with Gasteiger partial charge in [-0.3, -0.25) is 5.43 Å². The number of fused-ring (bicyclic) bond motifs is 2. The van der Waals surface area contributed by atoms with Crippen molar-refractivity contribution < 1.29 is 4.74 Å². The van der Waals surface area contributed by atoms with E-state index >= 15 is 0 Å². The van der Waals surface area contributed by atoms with Crippen LogP contribution in [0, 0.1) is 0 Å². The summed E-state index contributed by atoms with van der Waals surface area (Å²) in [4.78, 5) is 4.75. The van der Waals surface area contributed by atoms with E-state index in [4.69, 9.17) is 45.0 Å². The van der Waals surface area contributed by atoms with Crippen LogP contribution in [-0.4, -0.2) is 23.0 Å². The lowest BCUT2D eigenvalue weighted by molar-refractivity contribution is 0.415. The van der Waals surface area contributed by atoms with E-state index in [1.165, 1.54) is 0 Å². The quantitative estimate of drug-likeness (QED) is 0.118. The number of thiocarbonyl (C=S) groups is 1. The number of hydrogen-bond acceptors (Lipinski definition) is 5. The van der Waals surface area contributed by atoms with Crippen LogP contribution in [0.1, 0.15) is 5.56 Å². The van der Waals surface area contributed by atoms with E-state index in [1.807, 2.05) is 60.7 Å². The Hall–Kier alpha value is -3.62. The molecule has 4 aromatic rings. The molecule has 0 saturated carbocycles. The molecule has 0 aliphatic rings. The Morgan fingerprint density at radius 1 is 1.00 bits per heavy atom. The van der Waals surface area contributed by atoms with Gasteiger partial charge in [-0.1, -0.05) is 11.6 Å². The van der Waals surface area contributed by atoms with Gasteiger partial charge >= 0.3 is 0 Å². The number of rotatable bonds is 5. The maximum Gasteiger partial charge on any atom is 0.184 e. The molecule has 1 aromatic heterocycles. The van der Waals surface area contributed by atoms with Crippen molar-refractivity contribution in [3.8, 4) is 5.75 Å². The normalized spacial score (nSPS) is 11.5. The molecule has 0 atom stereocenters. The summed E-state index contributed by atoms with van der Waals surface area (Å²) >= 11 is 10.9. The highest BCUT2D eigenvalue weighted by Gasteiger charge is 2.12. The summed E-state index contributed by atoms with van der Waals surface area (Å²) in [7, 11) is 1.64. The van der Waals surface area contributed by atoms with Crippen LogP contribution >= 0.6 is 23.8 Å². The molecule has 0 amide bonds. The third kappa shape index (κ3) is 4.45. The Morgan fingerprint density at radius 3 is 2.48 bits per heavy atom. The van der Waals surface area contributed by atoms with E-state index in [0.717, 1.165) is 44.5 Å². The molecule has 7 nitrogen and oxygen atoms in total. The number of hydrazone groups is 1. The predicted molar refractivity (Wildman–Crippen MR) is 131 cm³/mol. The minimum Gasteiger partial charge on any atom is -0.497 e. The average Bonchev–Trinajstić information content (AvgIpc) is 2.77. The Morgan fingerprint density at radius 2 is 1.77 bits per heavy atom. The molecule has 9 heteroatoms. The van der Waals surface area contributed by atoms with Gasteiger partial charge in [0.2, 0.25) is 0 Å².